The second kappa shape index (κ2) is 10.8. The molecule has 7 heteroatoms. The number of halogens is 1. The third kappa shape index (κ3) is 5.69. The van der Waals surface area contributed by atoms with E-state index >= 15 is 0 Å². The fourth-order valence-corrected chi connectivity index (χ4v) is 5.49. The molecule has 3 aromatic rings. The second-order valence-electron chi connectivity index (χ2n) is 9.90. The SMILES string of the molecule is Cc1ccc(N2CCCC(C(=O)N(Cc3nc(-c4ccc(Cl)cc4)no3)C3CCCCC3)C2)cc1. The Kier molecular flexibility index (Phi) is 7.37. The third-order valence-electron chi connectivity index (χ3n) is 7.34. The van der Waals surface area contributed by atoms with E-state index in [1.807, 2.05) is 29.2 Å². The average Bonchev–Trinajstić information content (AvgIpc) is 3.37. The number of amides is 1. The van der Waals surface area contributed by atoms with Gasteiger partial charge < -0.3 is 14.3 Å². The monoisotopic (exact) mass is 492 g/mol. The van der Waals surface area contributed by atoms with Crippen molar-refractivity contribution in [3.05, 3.63) is 65.0 Å². The second-order valence-corrected chi connectivity index (χ2v) is 10.3. The molecule has 6 nitrogen and oxygen atoms in total. The first-order valence-corrected chi connectivity index (χ1v) is 13.2. The molecule has 1 unspecified atom stereocenters. The minimum atomic E-state index is -0.0226. The van der Waals surface area contributed by atoms with E-state index in [0.29, 0.717) is 23.3 Å². The summed E-state index contributed by atoms with van der Waals surface area (Å²) in [5, 5.41) is 4.84. The van der Waals surface area contributed by atoms with E-state index in [-0.39, 0.29) is 17.9 Å². The Morgan fingerprint density at radius 3 is 2.51 bits per heavy atom. The van der Waals surface area contributed by atoms with E-state index in [1.54, 1.807) is 0 Å². The van der Waals surface area contributed by atoms with Crippen LogP contribution in [0.4, 0.5) is 5.69 Å². The van der Waals surface area contributed by atoms with Crippen molar-refractivity contribution < 1.29 is 9.32 Å². The van der Waals surface area contributed by atoms with E-state index in [1.165, 1.54) is 17.7 Å². The zero-order valence-electron chi connectivity index (χ0n) is 20.3. The van der Waals surface area contributed by atoms with Crippen LogP contribution in [0.3, 0.4) is 0 Å². The number of hydrogen-bond acceptors (Lipinski definition) is 5. The van der Waals surface area contributed by atoms with Gasteiger partial charge in [-0.05, 0) is 69.0 Å². The van der Waals surface area contributed by atoms with Crippen molar-refractivity contribution in [2.45, 2.75) is 64.5 Å². The Labute approximate surface area is 212 Å². The summed E-state index contributed by atoms with van der Waals surface area (Å²) in [5.74, 6) is 1.21. The highest BCUT2D eigenvalue weighted by Crippen LogP contribution is 2.30. The molecule has 1 saturated heterocycles. The van der Waals surface area contributed by atoms with Crippen molar-refractivity contribution in [2.75, 3.05) is 18.0 Å². The van der Waals surface area contributed by atoms with Crippen LogP contribution in [0.5, 0.6) is 0 Å². The van der Waals surface area contributed by atoms with Gasteiger partial charge in [0, 0.05) is 35.4 Å². The lowest BCUT2D eigenvalue weighted by molar-refractivity contribution is -0.140. The lowest BCUT2D eigenvalue weighted by Crippen LogP contribution is -2.48. The molecule has 0 radical (unpaired) electrons. The van der Waals surface area contributed by atoms with E-state index in [2.05, 4.69) is 46.2 Å². The van der Waals surface area contributed by atoms with Crippen molar-refractivity contribution in [1.82, 2.24) is 15.0 Å². The molecule has 1 saturated carbocycles. The van der Waals surface area contributed by atoms with E-state index in [9.17, 15) is 4.79 Å². The van der Waals surface area contributed by atoms with Crippen LogP contribution in [0.15, 0.2) is 53.1 Å². The van der Waals surface area contributed by atoms with Crippen LogP contribution in [-0.4, -0.2) is 40.1 Å². The van der Waals surface area contributed by atoms with Crippen LogP contribution in [-0.2, 0) is 11.3 Å². The first-order valence-electron chi connectivity index (χ1n) is 12.8. The highest BCUT2D eigenvalue weighted by molar-refractivity contribution is 6.30. The quantitative estimate of drug-likeness (QED) is 0.405. The van der Waals surface area contributed by atoms with Crippen LogP contribution < -0.4 is 4.90 Å². The van der Waals surface area contributed by atoms with Gasteiger partial charge >= 0.3 is 0 Å². The molecule has 2 aliphatic rings. The Balaban J connectivity index is 1.33. The molecule has 1 amide bonds. The predicted molar refractivity (Wildman–Crippen MR) is 138 cm³/mol. The van der Waals surface area contributed by atoms with Gasteiger partial charge in [-0.15, -0.1) is 0 Å². The number of carbonyl (C=O) groups is 1. The molecule has 2 aromatic carbocycles. The lowest BCUT2D eigenvalue weighted by atomic mass is 9.91. The topological polar surface area (TPSA) is 62.5 Å². The zero-order valence-corrected chi connectivity index (χ0v) is 21.1. The summed E-state index contributed by atoms with van der Waals surface area (Å²) in [6.07, 6.45) is 7.58. The smallest absolute Gasteiger partial charge is 0.246 e. The number of anilines is 1. The molecule has 0 bridgehead atoms. The van der Waals surface area contributed by atoms with Gasteiger partial charge in [-0.2, -0.15) is 4.98 Å². The molecular weight excluding hydrogens is 460 g/mol. The molecule has 184 valence electrons. The summed E-state index contributed by atoms with van der Waals surface area (Å²) in [7, 11) is 0. The zero-order chi connectivity index (χ0) is 24.2. The molecule has 1 atom stereocenters. The van der Waals surface area contributed by atoms with Gasteiger partial charge in [0.15, 0.2) is 0 Å². The summed E-state index contributed by atoms with van der Waals surface area (Å²) < 4.78 is 5.61. The van der Waals surface area contributed by atoms with Crippen LogP contribution >= 0.6 is 11.6 Å². The number of carbonyl (C=O) groups excluding carboxylic acids is 1. The van der Waals surface area contributed by atoms with Gasteiger partial charge in [-0.25, -0.2) is 0 Å². The van der Waals surface area contributed by atoms with Gasteiger partial charge in [0.25, 0.3) is 0 Å². The van der Waals surface area contributed by atoms with E-state index in [4.69, 9.17) is 16.1 Å². The van der Waals surface area contributed by atoms with Crippen LogP contribution in [0.1, 0.15) is 56.4 Å². The van der Waals surface area contributed by atoms with Crippen LogP contribution in [0, 0.1) is 12.8 Å². The predicted octanol–water partition coefficient (Wildman–Crippen LogP) is 6.28. The summed E-state index contributed by atoms with van der Waals surface area (Å²) in [4.78, 5) is 23.0. The molecular formula is C28H33ClN4O2. The summed E-state index contributed by atoms with van der Waals surface area (Å²) in [6, 6.07) is 16.2. The Morgan fingerprint density at radius 1 is 1.03 bits per heavy atom. The molecule has 1 aliphatic heterocycles. The highest BCUT2D eigenvalue weighted by atomic mass is 35.5. The molecule has 0 N–H and O–H groups in total. The third-order valence-corrected chi connectivity index (χ3v) is 7.60. The first kappa shape index (κ1) is 23.9. The largest absolute Gasteiger partial charge is 0.371 e. The van der Waals surface area contributed by atoms with Crippen molar-refractivity contribution in [2.24, 2.45) is 5.92 Å². The maximum atomic E-state index is 13.9. The van der Waals surface area contributed by atoms with Gasteiger partial charge in [0.05, 0.1) is 5.92 Å². The summed E-state index contributed by atoms with van der Waals surface area (Å²) in [5.41, 5.74) is 3.29. The Morgan fingerprint density at radius 2 is 1.77 bits per heavy atom. The van der Waals surface area contributed by atoms with Crippen molar-refractivity contribution in [3.8, 4) is 11.4 Å². The minimum Gasteiger partial charge on any atom is -0.371 e. The van der Waals surface area contributed by atoms with Gasteiger partial charge in [-0.1, -0.05) is 53.7 Å². The fraction of sp³-hybridized carbons (Fsp3) is 0.464. The molecule has 35 heavy (non-hydrogen) atoms. The fourth-order valence-electron chi connectivity index (χ4n) is 5.36. The van der Waals surface area contributed by atoms with Gasteiger partial charge in [0.2, 0.25) is 17.6 Å². The van der Waals surface area contributed by atoms with E-state index < -0.39 is 0 Å². The van der Waals surface area contributed by atoms with Crippen molar-refractivity contribution >= 4 is 23.2 Å². The number of aryl methyl sites for hydroxylation is 1. The number of nitrogens with zero attached hydrogens (tertiary/aromatic N) is 4. The van der Waals surface area contributed by atoms with Gasteiger partial charge in [0.1, 0.15) is 6.54 Å². The number of piperidine rings is 1. The standard InChI is InChI=1S/C28H33ClN4O2/c1-20-9-15-24(16-10-20)32-17-5-6-22(18-32)28(34)33(25-7-3-2-4-8-25)19-26-30-27(31-35-26)21-11-13-23(29)14-12-21/h9-16,22,25H,2-8,17-19H2,1H3. The van der Waals surface area contributed by atoms with Crippen molar-refractivity contribution in [3.63, 3.8) is 0 Å². The van der Waals surface area contributed by atoms with Gasteiger partial charge in [-0.3, -0.25) is 4.79 Å². The maximum Gasteiger partial charge on any atom is 0.246 e. The lowest BCUT2D eigenvalue weighted by Gasteiger charge is -2.39. The van der Waals surface area contributed by atoms with Crippen LogP contribution in [0.25, 0.3) is 11.4 Å². The van der Waals surface area contributed by atoms with Crippen molar-refractivity contribution in [1.29, 1.82) is 0 Å². The average molecular weight is 493 g/mol. The molecule has 0 spiro atoms. The molecule has 2 fully saturated rings. The normalized spacial score (nSPS) is 19.0. The number of benzene rings is 2. The number of rotatable bonds is 6. The molecule has 2 heterocycles. The number of aromatic nitrogens is 2. The summed E-state index contributed by atoms with van der Waals surface area (Å²) in [6.45, 7) is 4.21. The Hall–Kier alpha value is -2.86. The maximum absolute atomic E-state index is 13.9. The van der Waals surface area contributed by atoms with Crippen LogP contribution in [0.2, 0.25) is 5.02 Å². The van der Waals surface area contributed by atoms with E-state index in [0.717, 1.165) is 57.2 Å². The molecule has 5 rings (SSSR count). The minimum absolute atomic E-state index is 0.0226. The first-order chi connectivity index (χ1) is 17.1. The Bertz CT molecular complexity index is 1120. The molecule has 1 aromatic heterocycles. The summed E-state index contributed by atoms with van der Waals surface area (Å²) >= 11 is 6.01. The number of hydrogen-bond donors (Lipinski definition) is 0. The highest BCUT2D eigenvalue weighted by Gasteiger charge is 2.34. The molecule has 1 aliphatic carbocycles.